The zero-order valence-electron chi connectivity index (χ0n) is 11.5. The van der Waals surface area contributed by atoms with Gasteiger partial charge in [-0.3, -0.25) is 0 Å². The third-order valence-electron chi connectivity index (χ3n) is 2.80. The Hall–Kier alpha value is -2.37. The van der Waals surface area contributed by atoms with Gasteiger partial charge in [0.15, 0.2) is 5.82 Å². The number of anilines is 3. The van der Waals surface area contributed by atoms with E-state index >= 15 is 0 Å². The van der Waals surface area contributed by atoms with E-state index in [1.54, 1.807) is 24.1 Å². The minimum absolute atomic E-state index is 0.287. The van der Waals surface area contributed by atoms with Gasteiger partial charge in [0.1, 0.15) is 17.8 Å². The minimum atomic E-state index is -0.287. The number of benzene rings is 1. The molecule has 0 spiro atoms. The predicted octanol–water partition coefficient (Wildman–Crippen LogP) is 2.75. The van der Waals surface area contributed by atoms with Gasteiger partial charge in [-0.15, -0.1) is 0 Å². The fourth-order valence-electron chi connectivity index (χ4n) is 1.74. The highest BCUT2D eigenvalue weighted by Crippen LogP contribution is 2.31. The van der Waals surface area contributed by atoms with E-state index in [2.05, 4.69) is 9.97 Å². The predicted molar refractivity (Wildman–Crippen MR) is 76.7 cm³/mol. The van der Waals surface area contributed by atoms with E-state index in [1.165, 1.54) is 18.5 Å². The number of rotatable bonds is 5. The highest BCUT2D eigenvalue weighted by atomic mass is 19.1. The lowest BCUT2D eigenvalue weighted by molar-refractivity contribution is 0.306. The highest BCUT2D eigenvalue weighted by Gasteiger charge is 2.14. The lowest BCUT2D eigenvalue weighted by atomic mass is 10.3. The van der Waals surface area contributed by atoms with Crippen LogP contribution in [0, 0.1) is 5.82 Å². The van der Waals surface area contributed by atoms with Gasteiger partial charge in [-0.25, -0.2) is 9.37 Å². The summed E-state index contributed by atoms with van der Waals surface area (Å²) >= 11 is 0. The Morgan fingerprint density at radius 1 is 1.25 bits per heavy atom. The molecule has 0 amide bonds. The average molecular weight is 276 g/mol. The van der Waals surface area contributed by atoms with E-state index in [9.17, 15) is 4.39 Å². The van der Waals surface area contributed by atoms with Crippen molar-refractivity contribution in [3.05, 3.63) is 36.4 Å². The Kier molecular flexibility index (Phi) is 4.34. The van der Waals surface area contributed by atoms with Crippen LogP contribution in [0.25, 0.3) is 0 Å². The second-order valence-corrected chi connectivity index (χ2v) is 4.30. The molecule has 5 nitrogen and oxygen atoms in total. The molecule has 0 fully saturated rings. The maximum atomic E-state index is 12.9. The molecule has 0 aliphatic heterocycles. The summed E-state index contributed by atoms with van der Waals surface area (Å²) in [7, 11) is 1.80. The van der Waals surface area contributed by atoms with E-state index in [-0.39, 0.29) is 5.82 Å². The molecule has 1 aromatic heterocycles. The molecular weight excluding hydrogens is 259 g/mol. The van der Waals surface area contributed by atoms with Crippen LogP contribution in [0.1, 0.15) is 13.3 Å². The molecule has 2 aromatic rings. The smallest absolute Gasteiger partial charge is 0.242 e. The van der Waals surface area contributed by atoms with Crippen LogP contribution in [-0.2, 0) is 0 Å². The SMILES string of the molecule is CCCOc1ncnc(N(C)c2ccc(F)cc2)c1N. The van der Waals surface area contributed by atoms with Crippen LogP contribution in [-0.4, -0.2) is 23.6 Å². The topological polar surface area (TPSA) is 64.3 Å². The van der Waals surface area contributed by atoms with Gasteiger partial charge in [-0.05, 0) is 30.7 Å². The Labute approximate surface area is 117 Å². The summed E-state index contributed by atoms with van der Waals surface area (Å²) in [5, 5.41) is 0. The quantitative estimate of drug-likeness (QED) is 0.909. The normalized spacial score (nSPS) is 10.3. The molecule has 0 saturated carbocycles. The third kappa shape index (κ3) is 2.96. The van der Waals surface area contributed by atoms with Gasteiger partial charge >= 0.3 is 0 Å². The van der Waals surface area contributed by atoms with Crippen molar-refractivity contribution in [2.45, 2.75) is 13.3 Å². The van der Waals surface area contributed by atoms with Crippen molar-refractivity contribution in [1.29, 1.82) is 0 Å². The van der Waals surface area contributed by atoms with Gasteiger partial charge in [0, 0.05) is 12.7 Å². The summed E-state index contributed by atoms with van der Waals surface area (Å²) in [6.45, 7) is 2.55. The van der Waals surface area contributed by atoms with Crippen LogP contribution in [0.15, 0.2) is 30.6 Å². The summed E-state index contributed by atoms with van der Waals surface area (Å²) in [6, 6.07) is 6.09. The molecule has 6 heteroatoms. The van der Waals surface area contributed by atoms with Crippen LogP contribution in [0.4, 0.5) is 21.6 Å². The molecular formula is C14H17FN4O. The van der Waals surface area contributed by atoms with Gasteiger partial charge in [0.2, 0.25) is 5.88 Å². The van der Waals surface area contributed by atoms with Gasteiger partial charge < -0.3 is 15.4 Å². The Morgan fingerprint density at radius 3 is 2.60 bits per heavy atom. The van der Waals surface area contributed by atoms with Crippen LogP contribution >= 0.6 is 0 Å². The zero-order valence-corrected chi connectivity index (χ0v) is 11.5. The van der Waals surface area contributed by atoms with Crippen molar-refractivity contribution < 1.29 is 9.13 Å². The molecule has 2 N–H and O–H groups in total. The van der Waals surface area contributed by atoms with Crippen LogP contribution in [0.5, 0.6) is 5.88 Å². The largest absolute Gasteiger partial charge is 0.476 e. The number of nitrogens with two attached hydrogens (primary N) is 1. The fourth-order valence-corrected chi connectivity index (χ4v) is 1.74. The summed E-state index contributed by atoms with van der Waals surface area (Å²) in [5.74, 6) is 0.605. The summed E-state index contributed by atoms with van der Waals surface area (Å²) in [6.07, 6.45) is 2.27. The third-order valence-corrected chi connectivity index (χ3v) is 2.80. The molecule has 0 aliphatic carbocycles. The van der Waals surface area contributed by atoms with Crippen molar-refractivity contribution in [2.75, 3.05) is 24.3 Å². The molecule has 0 bridgehead atoms. The molecule has 1 aromatic carbocycles. The van der Waals surface area contributed by atoms with Crippen LogP contribution in [0.3, 0.4) is 0 Å². The lowest BCUT2D eigenvalue weighted by Crippen LogP contribution is -2.15. The first-order valence-electron chi connectivity index (χ1n) is 6.36. The summed E-state index contributed by atoms with van der Waals surface area (Å²) < 4.78 is 18.4. The van der Waals surface area contributed by atoms with Gasteiger partial charge in [-0.2, -0.15) is 4.98 Å². The molecule has 0 saturated heterocycles. The van der Waals surface area contributed by atoms with Crippen molar-refractivity contribution in [3.8, 4) is 5.88 Å². The van der Waals surface area contributed by atoms with E-state index in [0.29, 0.717) is 24.0 Å². The van der Waals surface area contributed by atoms with Crippen molar-refractivity contribution in [1.82, 2.24) is 9.97 Å². The van der Waals surface area contributed by atoms with Crippen molar-refractivity contribution >= 4 is 17.2 Å². The number of hydrogen-bond acceptors (Lipinski definition) is 5. The summed E-state index contributed by atoms with van der Waals surface area (Å²) in [4.78, 5) is 9.94. The molecule has 1 heterocycles. The van der Waals surface area contributed by atoms with Crippen molar-refractivity contribution in [2.24, 2.45) is 0 Å². The monoisotopic (exact) mass is 276 g/mol. The number of nitrogens with zero attached hydrogens (tertiary/aromatic N) is 3. The summed E-state index contributed by atoms with van der Waals surface area (Å²) in [5.41, 5.74) is 7.17. The maximum absolute atomic E-state index is 12.9. The second-order valence-electron chi connectivity index (χ2n) is 4.30. The molecule has 0 atom stereocenters. The van der Waals surface area contributed by atoms with E-state index in [0.717, 1.165) is 12.1 Å². The van der Waals surface area contributed by atoms with Gasteiger partial charge in [-0.1, -0.05) is 6.92 Å². The maximum Gasteiger partial charge on any atom is 0.242 e. The highest BCUT2D eigenvalue weighted by molar-refractivity contribution is 5.73. The molecule has 0 unspecified atom stereocenters. The van der Waals surface area contributed by atoms with E-state index < -0.39 is 0 Å². The van der Waals surface area contributed by atoms with E-state index in [1.807, 2.05) is 6.92 Å². The first kappa shape index (κ1) is 14.0. The van der Waals surface area contributed by atoms with Crippen LogP contribution < -0.4 is 15.4 Å². The Morgan fingerprint density at radius 2 is 1.95 bits per heavy atom. The standard InChI is InChI=1S/C14H17FN4O/c1-3-8-20-14-12(16)13(17-9-18-14)19(2)11-6-4-10(15)5-7-11/h4-7,9H,3,8,16H2,1-2H3. The van der Waals surface area contributed by atoms with Crippen LogP contribution in [0.2, 0.25) is 0 Å². The first-order chi connectivity index (χ1) is 9.63. The second kappa shape index (κ2) is 6.18. The minimum Gasteiger partial charge on any atom is -0.476 e. The molecule has 0 aliphatic rings. The van der Waals surface area contributed by atoms with Gasteiger partial charge in [0.25, 0.3) is 0 Å². The number of ether oxygens (including phenoxy) is 1. The van der Waals surface area contributed by atoms with Crippen molar-refractivity contribution in [3.63, 3.8) is 0 Å². The number of nitrogen functional groups attached to an aromatic ring is 1. The molecule has 106 valence electrons. The molecule has 2 rings (SSSR count). The fraction of sp³-hybridized carbons (Fsp3) is 0.286. The van der Waals surface area contributed by atoms with Gasteiger partial charge in [0.05, 0.1) is 6.61 Å². The Bertz CT molecular complexity index is 574. The zero-order chi connectivity index (χ0) is 14.5. The molecule has 0 radical (unpaired) electrons. The number of halogens is 1. The average Bonchev–Trinajstić information content (AvgIpc) is 2.46. The molecule has 20 heavy (non-hydrogen) atoms. The Balaban J connectivity index is 2.29. The van der Waals surface area contributed by atoms with E-state index in [4.69, 9.17) is 10.5 Å². The lowest BCUT2D eigenvalue weighted by Gasteiger charge is -2.20. The number of aromatic nitrogens is 2. The first-order valence-corrected chi connectivity index (χ1v) is 6.36. The number of hydrogen-bond donors (Lipinski definition) is 1.